The summed E-state index contributed by atoms with van der Waals surface area (Å²) in [6.45, 7) is 3.25. The molecule has 6 nitrogen and oxygen atoms in total. The van der Waals surface area contributed by atoms with E-state index in [0.29, 0.717) is 17.9 Å². The van der Waals surface area contributed by atoms with E-state index in [1.54, 1.807) is 6.07 Å². The van der Waals surface area contributed by atoms with Crippen molar-refractivity contribution < 1.29 is 14.3 Å². The summed E-state index contributed by atoms with van der Waals surface area (Å²) in [5.41, 5.74) is 1.53. The molecular formula is C14H17N3O3. The number of hydrogen-bond donors (Lipinski definition) is 2. The number of anilines is 1. The first-order valence-electron chi connectivity index (χ1n) is 6.76. The molecule has 0 radical (unpaired) electrons. The van der Waals surface area contributed by atoms with Crippen molar-refractivity contribution in [3.05, 3.63) is 23.8 Å². The van der Waals surface area contributed by atoms with Crippen LogP contribution in [0.5, 0.6) is 5.75 Å². The summed E-state index contributed by atoms with van der Waals surface area (Å²) in [7, 11) is 0. The summed E-state index contributed by atoms with van der Waals surface area (Å²) in [4.78, 5) is 25.3. The minimum absolute atomic E-state index is 0.0477. The standard InChI is InChI=1S/C14H17N3O3/c18-13-9-20-12-2-1-10(7-11(12)16-13)8-14(19)17-5-3-15-4-6-17/h1-2,7,15H,3-6,8-9H2,(H,16,18). The van der Waals surface area contributed by atoms with Crippen molar-refractivity contribution in [2.75, 3.05) is 38.1 Å². The number of piperazine rings is 1. The molecule has 0 saturated carbocycles. The van der Waals surface area contributed by atoms with Gasteiger partial charge >= 0.3 is 0 Å². The predicted molar refractivity (Wildman–Crippen MR) is 73.7 cm³/mol. The highest BCUT2D eigenvalue weighted by molar-refractivity contribution is 5.95. The van der Waals surface area contributed by atoms with Gasteiger partial charge < -0.3 is 20.3 Å². The average Bonchev–Trinajstić information content (AvgIpc) is 2.47. The van der Waals surface area contributed by atoms with Crippen LogP contribution in [-0.2, 0) is 16.0 Å². The van der Waals surface area contributed by atoms with Crippen molar-refractivity contribution >= 4 is 17.5 Å². The Morgan fingerprint density at radius 1 is 1.30 bits per heavy atom. The highest BCUT2D eigenvalue weighted by Crippen LogP contribution is 2.28. The zero-order valence-corrected chi connectivity index (χ0v) is 11.1. The molecule has 0 aromatic heterocycles. The third-order valence-electron chi connectivity index (χ3n) is 3.50. The third kappa shape index (κ3) is 2.75. The first-order valence-corrected chi connectivity index (χ1v) is 6.76. The second-order valence-electron chi connectivity index (χ2n) is 4.97. The van der Waals surface area contributed by atoms with E-state index < -0.39 is 0 Å². The third-order valence-corrected chi connectivity index (χ3v) is 3.50. The maximum atomic E-state index is 12.2. The van der Waals surface area contributed by atoms with Crippen LogP contribution in [0.15, 0.2) is 18.2 Å². The van der Waals surface area contributed by atoms with Gasteiger partial charge in [-0.2, -0.15) is 0 Å². The summed E-state index contributed by atoms with van der Waals surface area (Å²) in [6, 6.07) is 5.48. The second-order valence-corrected chi connectivity index (χ2v) is 4.97. The van der Waals surface area contributed by atoms with Gasteiger partial charge in [0.2, 0.25) is 5.91 Å². The van der Waals surface area contributed by atoms with Gasteiger partial charge in [0, 0.05) is 26.2 Å². The van der Waals surface area contributed by atoms with Gasteiger partial charge in [-0.05, 0) is 17.7 Å². The van der Waals surface area contributed by atoms with Gasteiger partial charge in [0.05, 0.1) is 12.1 Å². The molecule has 106 valence electrons. The second kappa shape index (κ2) is 5.50. The van der Waals surface area contributed by atoms with Crippen LogP contribution in [0.2, 0.25) is 0 Å². The number of fused-ring (bicyclic) bond motifs is 1. The van der Waals surface area contributed by atoms with Gasteiger partial charge in [0.15, 0.2) is 6.61 Å². The number of carbonyl (C=O) groups excluding carboxylic acids is 2. The zero-order valence-electron chi connectivity index (χ0n) is 11.1. The Morgan fingerprint density at radius 3 is 2.90 bits per heavy atom. The lowest BCUT2D eigenvalue weighted by atomic mass is 10.1. The lowest BCUT2D eigenvalue weighted by Crippen LogP contribution is -2.46. The average molecular weight is 275 g/mol. The number of nitrogens with zero attached hydrogens (tertiary/aromatic N) is 1. The number of hydrogen-bond acceptors (Lipinski definition) is 4. The molecule has 1 fully saturated rings. The van der Waals surface area contributed by atoms with Crippen molar-refractivity contribution in [1.29, 1.82) is 0 Å². The Labute approximate surface area is 117 Å². The summed E-state index contributed by atoms with van der Waals surface area (Å²) in [6.07, 6.45) is 0.350. The lowest BCUT2D eigenvalue weighted by molar-refractivity contribution is -0.131. The van der Waals surface area contributed by atoms with Gasteiger partial charge in [-0.1, -0.05) is 6.07 Å². The van der Waals surface area contributed by atoms with Gasteiger partial charge in [0.1, 0.15) is 5.75 Å². The van der Waals surface area contributed by atoms with Crippen LogP contribution >= 0.6 is 0 Å². The van der Waals surface area contributed by atoms with Crippen LogP contribution in [-0.4, -0.2) is 49.5 Å². The molecule has 1 aromatic carbocycles. The van der Waals surface area contributed by atoms with E-state index in [4.69, 9.17) is 4.74 Å². The molecule has 0 bridgehead atoms. The molecule has 2 aliphatic heterocycles. The summed E-state index contributed by atoms with van der Waals surface area (Å²) in [5.74, 6) is 0.612. The van der Waals surface area contributed by atoms with Crippen molar-refractivity contribution in [2.24, 2.45) is 0 Å². The predicted octanol–water partition coefficient (Wildman–Crippen LogP) is -0.00820. The van der Waals surface area contributed by atoms with E-state index in [-0.39, 0.29) is 18.4 Å². The number of carbonyl (C=O) groups is 2. The molecule has 3 rings (SSSR count). The Morgan fingerprint density at radius 2 is 2.10 bits per heavy atom. The van der Waals surface area contributed by atoms with Crippen LogP contribution in [0.3, 0.4) is 0 Å². The lowest BCUT2D eigenvalue weighted by Gasteiger charge is -2.27. The van der Waals surface area contributed by atoms with E-state index in [1.807, 2.05) is 17.0 Å². The number of amides is 2. The van der Waals surface area contributed by atoms with Crippen molar-refractivity contribution in [2.45, 2.75) is 6.42 Å². The van der Waals surface area contributed by atoms with Crippen LogP contribution in [0, 0.1) is 0 Å². The van der Waals surface area contributed by atoms with Crippen LogP contribution in [0.4, 0.5) is 5.69 Å². The Balaban J connectivity index is 1.69. The molecule has 0 unspecified atom stereocenters. The number of rotatable bonds is 2. The molecule has 0 atom stereocenters. The molecular weight excluding hydrogens is 258 g/mol. The summed E-state index contributed by atoms with van der Waals surface area (Å²) in [5, 5.41) is 5.98. The smallest absolute Gasteiger partial charge is 0.262 e. The van der Waals surface area contributed by atoms with Gasteiger partial charge in [-0.25, -0.2) is 0 Å². The largest absolute Gasteiger partial charge is 0.482 e. The number of benzene rings is 1. The molecule has 2 N–H and O–H groups in total. The van der Waals surface area contributed by atoms with Crippen LogP contribution in [0.1, 0.15) is 5.56 Å². The van der Waals surface area contributed by atoms with Crippen molar-refractivity contribution in [1.82, 2.24) is 10.2 Å². The Kier molecular flexibility index (Phi) is 3.56. The van der Waals surface area contributed by atoms with E-state index in [9.17, 15) is 9.59 Å². The SMILES string of the molecule is O=C1COc2ccc(CC(=O)N3CCNCC3)cc2N1. The molecule has 2 amide bonds. The number of nitrogens with one attached hydrogen (secondary N) is 2. The zero-order chi connectivity index (χ0) is 13.9. The molecule has 1 saturated heterocycles. The van der Waals surface area contributed by atoms with Crippen LogP contribution < -0.4 is 15.4 Å². The molecule has 6 heteroatoms. The maximum absolute atomic E-state index is 12.2. The fourth-order valence-electron chi connectivity index (χ4n) is 2.44. The monoisotopic (exact) mass is 275 g/mol. The van der Waals surface area contributed by atoms with E-state index in [1.165, 1.54) is 0 Å². The Hall–Kier alpha value is -2.08. The molecule has 2 aliphatic rings. The fraction of sp³-hybridized carbons (Fsp3) is 0.429. The van der Waals surface area contributed by atoms with E-state index >= 15 is 0 Å². The molecule has 2 heterocycles. The quantitative estimate of drug-likeness (QED) is 0.796. The topological polar surface area (TPSA) is 70.7 Å². The number of ether oxygens (including phenoxy) is 1. The summed E-state index contributed by atoms with van der Waals surface area (Å²) < 4.78 is 5.30. The van der Waals surface area contributed by atoms with Crippen LogP contribution in [0.25, 0.3) is 0 Å². The highest BCUT2D eigenvalue weighted by Gasteiger charge is 2.19. The molecule has 1 aromatic rings. The Bertz CT molecular complexity index is 538. The van der Waals surface area contributed by atoms with Crippen molar-refractivity contribution in [3.63, 3.8) is 0 Å². The van der Waals surface area contributed by atoms with Gasteiger partial charge in [-0.3, -0.25) is 9.59 Å². The van der Waals surface area contributed by atoms with Crippen molar-refractivity contribution in [3.8, 4) is 5.75 Å². The molecule has 0 aliphatic carbocycles. The minimum atomic E-state index is -0.164. The maximum Gasteiger partial charge on any atom is 0.262 e. The fourth-order valence-corrected chi connectivity index (χ4v) is 2.44. The normalized spacial score (nSPS) is 18.0. The first kappa shape index (κ1) is 12.9. The first-order chi connectivity index (χ1) is 9.72. The van der Waals surface area contributed by atoms with Gasteiger partial charge in [-0.15, -0.1) is 0 Å². The molecule has 0 spiro atoms. The highest BCUT2D eigenvalue weighted by atomic mass is 16.5. The molecule has 20 heavy (non-hydrogen) atoms. The summed E-state index contributed by atoms with van der Waals surface area (Å²) >= 11 is 0. The van der Waals surface area contributed by atoms with Gasteiger partial charge in [0.25, 0.3) is 5.91 Å². The minimum Gasteiger partial charge on any atom is -0.482 e. The van der Waals surface area contributed by atoms with E-state index in [0.717, 1.165) is 31.7 Å². The van der Waals surface area contributed by atoms with E-state index in [2.05, 4.69) is 10.6 Å².